The summed E-state index contributed by atoms with van der Waals surface area (Å²) in [5.41, 5.74) is 0.833. The highest BCUT2D eigenvalue weighted by molar-refractivity contribution is 9.10. The Balaban J connectivity index is 2.18. The van der Waals surface area contributed by atoms with E-state index in [1.165, 1.54) is 36.9 Å². The van der Waals surface area contributed by atoms with E-state index in [4.69, 9.17) is 0 Å². The van der Waals surface area contributed by atoms with Crippen LogP contribution in [0.15, 0.2) is 41.4 Å². The van der Waals surface area contributed by atoms with Gasteiger partial charge in [-0.05, 0) is 34.1 Å². The second-order valence-electron chi connectivity index (χ2n) is 3.21. The van der Waals surface area contributed by atoms with Crippen LogP contribution >= 0.6 is 15.9 Å². The molecule has 86 valence electrons. The molecule has 2 rings (SSSR count). The minimum Gasteiger partial charge on any atom is -0.319 e. The van der Waals surface area contributed by atoms with Gasteiger partial charge in [-0.3, -0.25) is 4.79 Å². The predicted octanol–water partition coefficient (Wildman–Crippen LogP) is 2.63. The molecule has 0 bridgehead atoms. The Hall–Kier alpha value is -1.82. The third-order valence-corrected chi connectivity index (χ3v) is 2.61. The van der Waals surface area contributed by atoms with E-state index in [1.807, 2.05) is 0 Å². The number of benzene rings is 1. The number of anilines is 1. The standard InChI is InChI=1S/C11H7BrFN3O/c12-9-3-7(1-2-10(9)13)11(17)16-8-4-14-6-15-5-8/h1-6H,(H,16,17). The average molecular weight is 296 g/mol. The van der Waals surface area contributed by atoms with E-state index in [1.54, 1.807) is 0 Å². The molecule has 2 aromatic rings. The van der Waals surface area contributed by atoms with Gasteiger partial charge in [0, 0.05) is 5.56 Å². The van der Waals surface area contributed by atoms with Crippen molar-refractivity contribution < 1.29 is 9.18 Å². The summed E-state index contributed by atoms with van der Waals surface area (Å²) in [5, 5.41) is 2.60. The number of halogens is 2. The summed E-state index contributed by atoms with van der Waals surface area (Å²) >= 11 is 3.02. The van der Waals surface area contributed by atoms with Gasteiger partial charge >= 0.3 is 0 Å². The zero-order valence-corrected chi connectivity index (χ0v) is 10.1. The fourth-order valence-corrected chi connectivity index (χ4v) is 1.58. The van der Waals surface area contributed by atoms with Crippen molar-refractivity contribution in [2.24, 2.45) is 0 Å². The summed E-state index contributed by atoms with van der Waals surface area (Å²) in [6.07, 6.45) is 4.32. The summed E-state index contributed by atoms with van der Waals surface area (Å²) < 4.78 is 13.2. The highest BCUT2D eigenvalue weighted by Gasteiger charge is 2.08. The summed E-state index contributed by atoms with van der Waals surface area (Å²) in [5.74, 6) is -0.759. The molecule has 0 fully saturated rings. The zero-order chi connectivity index (χ0) is 12.3. The Kier molecular flexibility index (Phi) is 3.43. The number of carbonyl (C=O) groups excluding carboxylic acids is 1. The monoisotopic (exact) mass is 295 g/mol. The molecular formula is C11H7BrFN3O. The minimum atomic E-state index is -0.412. The van der Waals surface area contributed by atoms with E-state index >= 15 is 0 Å². The van der Waals surface area contributed by atoms with Crippen LogP contribution in [0.4, 0.5) is 10.1 Å². The molecule has 0 saturated carbocycles. The van der Waals surface area contributed by atoms with Crippen molar-refractivity contribution in [1.29, 1.82) is 0 Å². The molecule has 0 aliphatic carbocycles. The van der Waals surface area contributed by atoms with Crippen LogP contribution in [0.5, 0.6) is 0 Å². The lowest BCUT2D eigenvalue weighted by atomic mass is 10.2. The quantitative estimate of drug-likeness (QED) is 0.927. The fraction of sp³-hybridized carbons (Fsp3) is 0. The molecule has 0 aliphatic rings. The van der Waals surface area contributed by atoms with Crippen LogP contribution in [0.3, 0.4) is 0 Å². The van der Waals surface area contributed by atoms with Gasteiger partial charge in [-0.25, -0.2) is 14.4 Å². The molecule has 0 unspecified atom stereocenters. The molecule has 1 aromatic heterocycles. The summed E-state index contributed by atoms with van der Waals surface area (Å²) in [6, 6.07) is 4.04. The first-order valence-corrected chi connectivity index (χ1v) is 5.47. The molecular weight excluding hydrogens is 289 g/mol. The first-order chi connectivity index (χ1) is 8.16. The number of hydrogen-bond donors (Lipinski definition) is 1. The van der Waals surface area contributed by atoms with E-state index < -0.39 is 5.82 Å². The van der Waals surface area contributed by atoms with E-state index in [-0.39, 0.29) is 10.4 Å². The van der Waals surface area contributed by atoms with Gasteiger partial charge in [-0.2, -0.15) is 0 Å². The van der Waals surface area contributed by atoms with Crippen LogP contribution in [0.2, 0.25) is 0 Å². The number of aromatic nitrogens is 2. The Labute approximate surface area is 105 Å². The molecule has 1 aromatic carbocycles. The normalized spacial score (nSPS) is 10.0. The smallest absolute Gasteiger partial charge is 0.255 e. The topological polar surface area (TPSA) is 54.9 Å². The summed E-state index contributed by atoms with van der Waals surface area (Å²) in [4.78, 5) is 19.3. The molecule has 1 heterocycles. The van der Waals surface area contributed by atoms with Gasteiger partial charge in [-0.15, -0.1) is 0 Å². The van der Waals surface area contributed by atoms with Crippen molar-refractivity contribution in [1.82, 2.24) is 9.97 Å². The third-order valence-electron chi connectivity index (χ3n) is 2.00. The highest BCUT2D eigenvalue weighted by Crippen LogP contribution is 2.17. The van der Waals surface area contributed by atoms with E-state index in [0.29, 0.717) is 11.3 Å². The second kappa shape index (κ2) is 5.01. The Morgan fingerprint density at radius 1 is 1.29 bits per heavy atom. The molecule has 6 heteroatoms. The highest BCUT2D eigenvalue weighted by atomic mass is 79.9. The maximum absolute atomic E-state index is 13.0. The van der Waals surface area contributed by atoms with Crippen molar-refractivity contribution in [2.45, 2.75) is 0 Å². The lowest BCUT2D eigenvalue weighted by molar-refractivity contribution is 0.102. The van der Waals surface area contributed by atoms with E-state index in [9.17, 15) is 9.18 Å². The van der Waals surface area contributed by atoms with E-state index in [2.05, 4.69) is 31.2 Å². The predicted molar refractivity (Wildman–Crippen MR) is 64.1 cm³/mol. The van der Waals surface area contributed by atoms with Gasteiger partial charge in [0.25, 0.3) is 5.91 Å². The lowest BCUT2D eigenvalue weighted by Crippen LogP contribution is -2.12. The largest absolute Gasteiger partial charge is 0.319 e. The third kappa shape index (κ3) is 2.85. The molecule has 0 saturated heterocycles. The maximum Gasteiger partial charge on any atom is 0.255 e. The molecule has 0 spiro atoms. The summed E-state index contributed by atoms with van der Waals surface area (Å²) in [6.45, 7) is 0. The number of rotatable bonds is 2. The maximum atomic E-state index is 13.0. The fourth-order valence-electron chi connectivity index (χ4n) is 1.20. The lowest BCUT2D eigenvalue weighted by Gasteiger charge is -2.04. The number of amides is 1. The Morgan fingerprint density at radius 2 is 2.00 bits per heavy atom. The molecule has 0 aliphatic heterocycles. The molecule has 0 radical (unpaired) electrons. The molecule has 0 atom stereocenters. The van der Waals surface area contributed by atoms with Crippen molar-refractivity contribution >= 4 is 27.5 Å². The van der Waals surface area contributed by atoms with Crippen molar-refractivity contribution in [3.63, 3.8) is 0 Å². The first-order valence-electron chi connectivity index (χ1n) is 4.68. The van der Waals surface area contributed by atoms with Gasteiger partial charge in [-0.1, -0.05) is 0 Å². The van der Waals surface area contributed by atoms with Gasteiger partial charge in [0.15, 0.2) is 0 Å². The van der Waals surface area contributed by atoms with Crippen molar-refractivity contribution in [3.8, 4) is 0 Å². The van der Waals surface area contributed by atoms with Gasteiger partial charge in [0.05, 0.1) is 22.6 Å². The summed E-state index contributed by atoms with van der Waals surface area (Å²) in [7, 11) is 0. The van der Waals surface area contributed by atoms with Crippen LogP contribution in [0.25, 0.3) is 0 Å². The Bertz CT molecular complexity index is 548. The number of carbonyl (C=O) groups is 1. The van der Waals surface area contributed by atoms with E-state index in [0.717, 1.165) is 0 Å². The molecule has 1 amide bonds. The van der Waals surface area contributed by atoms with Gasteiger partial charge < -0.3 is 5.32 Å². The SMILES string of the molecule is O=C(Nc1cncnc1)c1ccc(F)c(Br)c1. The van der Waals surface area contributed by atoms with Crippen LogP contribution < -0.4 is 5.32 Å². The van der Waals surface area contributed by atoms with Crippen LogP contribution in [-0.4, -0.2) is 15.9 Å². The van der Waals surface area contributed by atoms with Gasteiger partial charge in [0.2, 0.25) is 0 Å². The number of nitrogens with zero attached hydrogens (tertiary/aromatic N) is 2. The average Bonchev–Trinajstić information content (AvgIpc) is 2.34. The molecule has 1 N–H and O–H groups in total. The van der Waals surface area contributed by atoms with Crippen molar-refractivity contribution in [2.75, 3.05) is 5.32 Å². The molecule has 17 heavy (non-hydrogen) atoms. The Morgan fingerprint density at radius 3 is 2.65 bits per heavy atom. The molecule has 4 nitrogen and oxygen atoms in total. The van der Waals surface area contributed by atoms with Crippen LogP contribution in [-0.2, 0) is 0 Å². The van der Waals surface area contributed by atoms with Gasteiger partial charge in [0.1, 0.15) is 12.1 Å². The number of nitrogens with one attached hydrogen (secondary N) is 1. The minimum absolute atomic E-state index is 0.245. The number of hydrogen-bond acceptors (Lipinski definition) is 3. The second-order valence-corrected chi connectivity index (χ2v) is 4.06. The first kappa shape index (κ1) is 11.7. The zero-order valence-electron chi connectivity index (χ0n) is 8.52. The van der Waals surface area contributed by atoms with Crippen molar-refractivity contribution in [3.05, 3.63) is 52.8 Å². The van der Waals surface area contributed by atoms with Crippen LogP contribution in [0.1, 0.15) is 10.4 Å². The van der Waals surface area contributed by atoms with Crippen LogP contribution in [0, 0.1) is 5.82 Å².